The molecule has 1 unspecified atom stereocenters. The lowest BCUT2D eigenvalue weighted by Gasteiger charge is -1.99. The largest absolute Gasteiger partial charge is 0.481 e. The van der Waals surface area contributed by atoms with Gasteiger partial charge in [0.05, 0.1) is 0 Å². The number of amides is 1. The van der Waals surface area contributed by atoms with Gasteiger partial charge in [0.1, 0.15) is 6.04 Å². The van der Waals surface area contributed by atoms with Gasteiger partial charge in [-0.05, 0) is 38.5 Å². The van der Waals surface area contributed by atoms with Crippen LogP contribution in [-0.2, 0) is 14.4 Å². The predicted molar refractivity (Wildman–Crippen MR) is 116 cm³/mol. The van der Waals surface area contributed by atoms with Gasteiger partial charge in [0.15, 0.2) is 0 Å². The predicted octanol–water partition coefficient (Wildman–Crippen LogP) is 5.46. The molecule has 1 atom stereocenters. The standard InChI is InChI=1S/C18H34O2.C5H7NO3/c1-2-3-4-5-6-7-8-9-10-11-12-13-14-15-16-17-18(19)20;7-4-2-1-3(6-4)5(8)9/h9-10H,2-8,11-17H2,1H3,(H,19,20);3H,1-2H2,(H,6,7)(H,8,9)/b10-9-;. The van der Waals surface area contributed by atoms with Crippen LogP contribution in [0.15, 0.2) is 12.2 Å². The molecule has 1 aliphatic heterocycles. The number of carbonyl (C=O) groups is 3. The molecule has 1 aliphatic rings. The number of carboxylic acids is 2. The van der Waals surface area contributed by atoms with Crippen molar-refractivity contribution in [3.63, 3.8) is 0 Å². The summed E-state index contributed by atoms with van der Waals surface area (Å²) in [7, 11) is 0. The fraction of sp³-hybridized carbons (Fsp3) is 0.783. The van der Waals surface area contributed by atoms with Crippen LogP contribution in [0.2, 0.25) is 0 Å². The van der Waals surface area contributed by atoms with Gasteiger partial charge >= 0.3 is 11.9 Å². The molecule has 0 radical (unpaired) electrons. The normalized spacial score (nSPS) is 15.8. The molecule has 0 aromatic rings. The lowest BCUT2D eigenvalue weighted by atomic mass is 10.1. The van der Waals surface area contributed by atoms with Gasteiger partial charge in [-0.1, -0.05) is 70.4 Å². The molecule has 0 spiro atoms. The van der Waals surface area contributed by atoms with Crippen LogP contribution in [0.1, 0.15) is 110 Å². The summed E-state index contributed by atoms with van der Waals surface area (Å²) in [4.78, 5) is 30.8. The van der Waals surface area contributed by atoms with Crippen molar-refractivity contribution in [2.75, 3.05) is 0 Å². The van der Waals surface area contributed by atoms with Crippen LogP contribution in [0.5, 0.6) is 0 Å². The molecular weight excluding hydrogens is 370 g/mol. The highest BCUT2D eigenvalue weighted by molar-refractivity contribution is 5.87. The number of carbonyl (C=O) groups excluding carboxylic acids is 1. The lowest BCUT2D eigenvalue weighted by molar-refractivity contribution is -0.140. The van der Waals surface area contributed by atoms with Crippen molar-refractivity contribution >= 4 is 17.8 Å². The van der Waals surface area contributed by atoms with E-state index in [0.29, 0.717) is 19.3 Å². The average Bonchev–Trinajstić information content (AvgIpc) is 3.12. The van der Waals surface area contributed by atoms with Crippen molar-refractivity contribution in [2.45, 2.75) is 116 Å². The number of hydrogen-bond acceptors (Lipinski definition) is 3. The van der Waals surface area contributed by atoms with Crippen LogP contribution in [0.4, 0.5) is 0 Å². The molecule has 1 fully saturated rings. The summed E-state index contributed by atoms with van der Waals surface area (Å²) < 4.78 is 0. The van der Waals surface area contributed by atoms with E-state index in [9.17, 15) is 14.4 Å². The second-order valence-corrected chi connectivity index (χ2v) is 7.73. The second kappa shape index (κ2) is 19.5. The minimum absolute atomic E-state index is 0.164. The molecule has 1 saturated heterocycles. The SMILES string of the molecule is CCCCCCCC/C=C\CCCCCCCC(=O)O.O=C1CCC(C(=O)O)N1. The topological polar surface area (TPSA) is 104 Å². The summed E-state index contributed by atoms with van der Waals surface area (Å²) in [6, 6.07) is -0.641. The highest BCUT2D eigenvalue weighted by Gasteiger charge is 2.26. The summed E-state index contributed by atoms with van der Waals surface area (Å²) in [6.07, 6.45) is 22.0. The van der Waals surface area contributed by atoms with E-state index in [1.165, 1.54) is 70.6 Å². The molecule has 0 bridgehead atoms. The van der Waals surface area contributed by atoms with Crippen molar-refractivity contribution < 1.29 is 24.6 Å². The Hall–Kier alpha value is -1.85. The Morgan fingerprint density at radius 3 is 1.83 bits per heavy atom. The zero-order valence-electron chi connectivity index (χ0n) is 18.2. The zero-order chi connectivity index (χ0) is 21.7. The molecule has 0 aliphatic carbocycles. The molecule has 1 amide bonds. The number of hydrogen-bond donors (Lipinski definition) is 3. The maximum Gasteiger partial charge on any atom is 0.326 e. The molecule has 3 N–H and O–H groups in total. The van der Waals surface area contributed by atoms with Gasteiger partial charge in [0.25, 0.3) is 0 Å². The van der Waals surface area contributed by atoms with Crippen molar-refractivity contribution in [2.24, 2.45) is 0 Å². The van der Waals surface area contributed by atoms with E-state index in [4.69, 9.17) is 10.2 Å². The van der Waals surface area contributed by atoms with Gasteiger partial charge in [-0.2, -0.15) is 0 Å². The van der Waals surface area contributed by atoms with Crippen LogP contribution >= 0.6 is 0 Å². The van der Waals surface area contributed by atoms with E-state index in [-0.39, 0.29) is 5.91 Å². The van der Waals surface area contributed by atoms with E-state index < -0.39 is 18.0 Å². The molecule has 0 aromatic carbocycles. The van der Waals surface area contributed by atoms with Gasteiger partial charge in [-0.25, -0.2) is 4.79 Å². The number of allylic oxidation sites excluding steroid dienone is 2. The van der Waals surface area contributed by atoms with Gasteiger partial charge in [-0.3, -0.25) is 9.59 Å². The average molecular weight is 412 g/mol. The first-order chi connectivity index (χ1) is 14.0. The maximum atomic E-state index is 10.4. The summed E-state index contributed by atoms with van der Waals surface area (Å²) >= 11 is 0. The fourth-order valence-electron chi connectivity index (χ4n) is 3.15. The Kier molecular flexibility index (Phi) is 18.2. The van der Waals surface area contributed by atoms with E-state index in [1.807, 2.05) is 0 Å². The third-order valence-electron chi connectivity index (χ3n) is 4.95. The third kappa shape index (κ3) is 19.2. The number of aliphatic carboxylic acids is 2. The Balaban J connectivity index is 0.000000717. The number of rotatable bonds is 16. The molecule has 0 saturated carbocycles. The number of unbranched alkanes of at least 4 members (excludes halogenated alkanes) is 11. The summed E-state index contributed by atoms with van der Waals surface area (Å²) in [6.45, 7) is 2.26. The Morgan fingerprint density at radius 1 is 0.897 bits per heavy atom. The van der Waals surface area contributed by atoms with Crippen LogP contribution in [-0.4, -0.2) is 34.1 Å². The van der Waals surface area contributed by atoms with E-state index in [0.717, 1.165) is 12.8 Å². The first-order valence-corrected chi connectivity index (χ1v) is 11.4. The second-order valence-electron chi connectivity index (χ2n) is 7.73. The minimum Gasteiger partial charge on any atom is -0.481 e. The quantitative estimate of drug-likeness (QED) is 0.231. The molecule has 168 valence electrons. The van der Waals surface area contributed by atoms with E-state index in [2.05, 4.69) is 24.4 Å². The van der Waals surface area contributed by atoms with E-state index in [1.54, 1.807) is 0 Å². The van der Waals surface area contributed by atoms with E-state index >= 15 is 0 Å². The Morgan fingerprint density at radius 2 is 1.41 bits per heavy atom. The summed E-state index contributed by atoms with van der Waals surface area (Å²) in [5.74, 6) is -1.77. The van der Waals surface area contributed by atoms with Crippen LogP contribution in [0, 0.1) is 0 Å². The highest BCUT2D eigenvalue weighted by atomic mass is 16.4. The molecule has 1 rings (SSSR count). The molecular formula is C23H41NO5. The Bertz CT molecular complexity index is 476. The monoisotopic (exact) mass is 411 g/mol. The zero-order valence-corrected chi connectivity index (χ0v) is 18.2. The van der Waals surface area contributed by atoms with Gasteiger partial charge in [0.2, 0.25) is 5.91 Å². The van der Waals surface area contributed by atoms with Gasteiger partial charge < -0.3 is 15.5 Å². The van der Waals surface area contributed by atoms with Gasteiger partial charge in [-0.15, -0.1) is 0 Å². The minimum atomic E-state index is -0.944. The molecule has 0 aromatic heterocycles. The first-order valence-electron chi connectivity index (χ1n) is 11.4. The maximum absolute atomic E-state index is 10.4. The molecule has 6 heteroatoms. The number of carboxylic acid groups (broad SMARTS) is 2. The fourth-order valence-corrected chi connectivity index (χ4v) is 3.15. The van der Waals surface area contributed by atoms with Crippen LogP contribution in [0.25, 0.3) is 0 Å². The van der Waals surface area contributed by atoms with Crippen LogP contribution < -0.4 is 5.32 Å². The molecule has 29 heavy (non-hydrogen) atoms. The highest BCUT2D eigenvalue weighted by Crippen LogP contribution is 2.10. The van der Waals surface area contributed by atoms with Crippen molar-refractivity contribution in [3.05, 3.63) is 12.2 Å². The lowest BCUT2D eigenvalue weighted by Crippen LogP contribution is -2.32. The third-order valence-corrected chi connectivity index (χ3v) is 4.95. The van der Waals surface area contributed by atoms with Crippen molar-refractivity contribution in [1.29, 1.82) is 0 Å². The van der Waals surface area contributed by atoms with Gasteiger partial charge in [0, 0.05) is 12.8 Å². The summed E-state index contributed by atoms with van der Waals surface area (Å²) in [5, 5.41) is 19.1. The smallest absolute Gasteiger partial charge is 0.326 e. The van der Waals surface area contributed by atoms with Crippen LogP contribution in [0.3, 0.4) is 0 Å². The van der Waals surface area contributed by atoms with Crippen molar-refractivity contribution in [1.82, 2.24) is 5.32 Å². The number of nitrogens with one attached hydrogen (secondary N) is 1. The molecule has 1 heterocycles. The van der Waals surface area contributed by atoms with Crippen molar-refractivity contribution in [3.8, 4) is 0 Å². The first kappa shape index (κ1) is 27.1. The Labute approximate surface area is 176 Å². The summed E-state index contributed by atoms with van der Waals surface area (Å²) in [5.41, 5.74) is 0. The molecule has 6 nitrogen and oxygen atoms in total.